The van der Waals surface area contributed by atoms with Gasteiger partial charge in [0.1, 0.15) is 0 Å². The lowest BCUT2D eigenvalue weighted by atomic mass is 10.1. The number of unbranched alkanes of at least 4 members (excludes halogenated alkanes) is 3. The molecule has 0 saturated carbocycles. The first-order chi connectivity index (χ1) is 7.26. The van der Waals surface area contributed by atoms with E-state index >= 15 is 0 Å². The second-order valence-corrected chi connectivity index (χ2v) is 4.40. The summed E-state index contributed by atoms with van der Waals surface area (Å²) in [5, 5.41) is 8.69. The molecule has 0 bridgehead atoms. The maximum Gasteiger partial charge on any atom is 0.0431 e. The van der Waals surface area contributed by atoms with Crippen LogP contribution in [0, 0.1) is 0 Å². The molecular weight excluding hydrogens is 186 g/mol. The van der Waals surface area contributed by atoms with E-state index < -0.39 is 0 Å². The summed E-state index contributed by atoms with van der Waals surface area (Å²) >= 11 is 0. The molecule has 1 atom stereocenters. The molecule has 0 rings (SSSR count). The van der Waals surface area contributed by atoms with Crippen molar-refractivity contribution in [3.05, 3.63) is 0 Å². The van der Waals surface area contributed by atoms with Crippen molar-refractivity contribution in [2.75, 3.05) is 19.7 Å². The quantitative estimate of drug-likeness (QED) is 0.566. The van der Waals surface area contributed by atoms with Gasteiger partial charge in [-0.25, -0.2) is 0 Å². The van der Waals surface area contributed by atoms with Gasteiger partial charge in [-0.05, 0) is 39.3 Å². The molecule has 1 N–H and O–H groups in total. The molecule has 2 heteroatoms. The summed E-state index contributed by atoms with van der Waals surface area (Å²) in [5.74, 6) is 0. The molecular formula is C13H29NO. The van der Waals surface area contributed by atoms with E-state index in [0.717, 1.165) is 6.42 Å². The normalized spacial score (nSPS) is 13.4. The lowest BCUT2D eigenvalue weighted by Gasteiger charge is -2.27. The topological polar surface area (TPSA) is 23.5 Å². The average Bonchev–Trinajstić information content (AvgIpc) is 2.25. The van der Waals surface area contributed by atoms with Gasteiger partial charge in [0.25, 0.3) is 0 Å². The van der Waals surface area contributed by atoms with Gasteiger partial charge in [-0.2, -0.15) is 0 Å². The van der Waals surface area contributed by atoms with Crippen LogP contribution in [0.4, 0.5) is 0 Å². The van der Waals surface area contributed by atoms with Crippen LogP contribution in [0.1, 0.15) is 59.3 Å². The molecule has 0 aromatic rings. The number of hydrogen-bond donors (Lipinski definition) is 1. The fourth-order valence-corrected chi connectivity index (χ4v) is 1.96. The minimum absolute atomic E-state index is 0.349. The highest BCUT2D eigenvalue weighted by Gasteiger charge is 2.10. The van der Waals surface area contributed by atoms with E-state index in [-0.39, 0.29) is 0 Å². The summed E-state index contributed by atoms with van der Waals surface area (Å²) < 4.78 is 0. The summed E-state index contributed by atoms with van der Waals surface area (Å²) in [6.07, 6.45) is 7.27. The van der Waals surface area contributed by atoms with Crippen LogP contribution in [0.15, 0.2) is 0 Å². The first-order valence-electron chi connectivity index (χ1n) is 6.61. The molecule has 2 nitrogen and oxygen atoms in total. The summed E-state index contributed by atoms with van der Waals surface area (Å²) in [5.41, 5.74) is 0. The Hall–Kier alpha value is -0.0800. The molecule has 0 spiro atoms. The minimum atomic E-state index is 0.349. The Balaban J connectivity index is 3.58. The fraction of sp³-hybridized carbons (Fsp3) is 1.00. The predicted molar refractivity (Wildman–Crippen MR) is 67.2 cm³/mol. The van der Waals surface area contributed by atoms with Crippen LogP contribution < -0.4 is 0 Å². The lowest BCUT2D eigenvalue weighted by molar-refractivity contribution is 0.201. The Bertz CT molecular complexity index is 128. The van der Waals surface area contributed by atoms with Crippen LogP contribution in [0.2, 0.25) is 0 Å². The number of hydrogen-bond acceptors (Lipinski definition) is 2. The van der Waals surface area contributed by atoms with Crippen LogP contribution in [0.3, 0.4) is 0 Å². The maximum atomic E-state index is 8.69. The molecule has 0 aliphatic rings. The molecule has 1 unspecified atom stereocenters. The molecule has 0 amide bonds. The predicted octanol–water partition coefficient (Wildman–Crippen LogP) is 3.05. The van der Waals surface area contributed by atoms with Gasteiger partial charge in [0.15, 0.2) is 0 Å². The third kappa shape index (κ3) is 7.80. The zero-order valence-corrected chi connectivity index (χ0v) is 10.8. The fourth-order valence-electron chi connectivity index (χ4n) is 1.96. The standard InChI is InChI=1S/C13H29NO/c1-4-6-11-14(5-2)13(3)10-8-7-9-12-15/h13,15H,4-12H2,1-3H3. The SMILES string of the molecule is CCCCN(CC)C(C)CCCCCO. The van der Waals surface area contributed by atoms with Crippen molar-refractivity contribution in [1.29, 1.82) is 0 Å². The molecule has 92 valence electrons. The third-order valence-electron chi connectivity index (χ3n) is 3.11. The number of rotatable bonds is 10. The van der Waals surface area contributed by atoms with Gasteiger partial charge in [-0.15, -0.1) is 0 Å². The Labute approximate surface area is 95.7 Å². The smallest absolute Gasteiger partial charge is 0.0431 e. The maximum absolute atomic E-state index is 8.69. The summed E-state index contributed by atoms with van der Waals surface area (Å²) in [7, 11) is 0. The summed E-state index contributed by atoms with van der Waals surface area (Å²) in [6, 6.07) is 0.709. The van der Waals surface area contributed by atoms with E-state index in [9.17, 15) is 0 Å². The van der Waals surface area contributed by atoms with Crippen LogP contribution in [0.25, 0.3) is 0 Å². The van der Waals surface area contributed by atoms with E-state index in [4.69, 9.17) is 5.11 Å². The van der Waals surface area contributed by atoms with Crippen molar-refractivity contribution in [3.8, 4) is 0 Å². The third-order valence-corrected chi connectivity index (χ3v) is 3.11. The van der Waals surface area contributed by atoms with Gasteiger partial charge in [0.2, 0.25) is 0 Å². The molecule has 0 aliphatic heterocycles. The van der Waals surface area contributed by atoms with Crippen molar-refractivity contribution in [3.63, 3.8) is 0 Å². The Morgan fingerprint density at radius 2 is 1.80 bits per heavy atom. The van der Waals surface area contributed by atoms with Gasteiger partial charge in [-0.1, -0.05) is 33.1 Å². The summed E-state index contributed by atoms with van der Waals surface area (Å²) in [4.78, 5) is 2.57. The van der Waals surface area contributed by atoms with E-state index in [0.29, 0.717) is 12.6 Å². The highest BCUT2D eigenvalue weighted by atomic mass is 16.2. The second kappa shape index (κ2) is 10.4. The highest BCUT2D eigenvalue weighted by Crippen LogP contribution is 2.10. The van der Waals surface area contributed by atoms with Crippen molar-refractivity contribution in [2.45, 2.75) is 65.3 Å². The zero-order valence-electron chi connectivity index (χ0n) is 10.8. The molecule has 15 heavy (non-hydrogen) atoms. The van der Waals surface area contributed by atoms with Gasteiger partial charge in [0, 0.05) is 12.6 Å². The largest absolute Gasteiger partial charge is 0.396 e. The van der Waals surface area contributed by atoms with Crippen LogP contribution in [-0.2, 0) is 0 Å². The number of aliphatic hydroxyl groups is 1. The molecule has 0 fully saturated rings. The first-order valence-corrected chi connectivity index (χ1v) is 6.61. The molecule has 0 saturated heterocycles. The average molecular weight is 215 g/mol. The van der Waals surface area contributed by atoms with Gasteiger partial charge in [-0.3, -0.25) is 0 Å². The Morgan fingerprint density at radius 1 is 1.07 bits per heavy atom. The van der Waals surface area contributed by atoms with Crippen molar-refractivity contribution in [1.82, 2.24) is 4.90 Å². The van der Waals surface area contributed by atoms with Gasteiger partial charge >= 0.3 is 0 Å². The highest BCUT2D eigenvalue weighted by molar-refractivity contribution is 4.65. The number of aliphatic hydroxyl groups excluding tert-OH is 1. The number of nitrogens with zero attached hydrogens (tertiary/aromatic N) is 1. The van der Waals surface area contributed by atoms with E-state index in [1.807, 2.05) is 0 Å². The van der Waals surface area contributed by atoms with E-state index in [1.165, 1.54) is 45.2 Å². The lowest BCUT2D eigenvalue weighted by Crippen LogP contribution is -2.33. The second-order valence-electron chi connectivity index (χ2n) is 4.40. The van der Waals surface area contributed by atoms with Crippen molar-refractivity contribution in [2.24, 2.45) is 0 Å². The van der Waals surface area contributed by atoms with Crippen molar-refractivity contribution >= 4 is 0 Å². The van der Waals surface area contributed by atoms with Crippen LogP contribution in [0.5, 0.6) is 0 Å². The first kappa shape index (κ1) is 14.9. The van der Waals surface area contributed by atoms with Gasteiger partial charge in [0.05, 0.1) is 0 Å². The monoisotopic (exact) mass is 215 g/mol. The Morgan fingerprint density at radius 3 is 2.33 bits per heavy atom. The van der Waals surface area contributed by atoms with E-state index in [2.05, 4.69) is 25.7 Å². The molecule has 0 radical (unpaired) electrons. The van der Waals surface area contributed by atoms with E-state index in [1.54, 1.807) is 0 Å². The summed E-state index contributed by atoms with van der Waals surface area (Å²) in [6.45, 7) is 9.59. The zero-order chi connectivity index (χ0) is 11.5. The van der Waals surface area contributed by atoms with Crippen LogP contribution in [-0.4, -0.2) is 35.7 Å². The van der Waals surface area contributed by atoms with Crippen molar-refractivity contribution < 1.29 is 5.11 Å². The molecule has 0 heterocycles. The minimum Gasteiger partial charge on any atom is -0.396 e. The molecule has 0 aliphatic carbocycles. The molecule has 0 aromatic carbocycles. The molecule has 0 aromatic heterocycles. The van der Waals surface area contributed by atoms with Gasteiger partial charge < -0.3 is 10.0 Å². The van der Waals surface area contributed by atoms with Crippen LogP contribution >= 0.6 is 0 Å². The Kier molecular flexibility index (Phi) is 10.4.